The van der Waals surface area contributed by atoms with Gasteiger partial charge in [0.15, 0.2) is 0 Å². The summed E-state index contributed by atoms with van der Waals surface area (Å²) >= 11 is 0. The van der Waals surface area contributed by atoms with E-state index in [9.17, 15) is 14.9 Å². The number of hydrogen-bond donors (Lipinski definition) is 0. The Labute approximate surface area is 93.6 Å². The molecule has 0 fully saturated rings. The van der Waals surface area contributed by atoms with Crippen LogP contribution in [0.4, 0.5) is 0 Å². The standard InChI is InChI=1S/C11H15NO4/c1-2-4-9(8-13)10(7-12(14)15)11-5-3-6-16-11/h3,5-6,8-10H,2,4,7H2,1H3/t9-,10-/m1/s1. The van der Waals surface area contributed by atoms with E-state index < -0.39 is 10.8 Å². The van der Waals surface area contributed by atoms with Gasteiger partial charge in [-0.05, 0) is 18.6 Å². The molecular formula is C11H15NO4. The van der Waals surface area contributed by atoms with Crippen molar-refractivity contribution in [1.29, 1.82) is 0 Å². The van der Waals surface area contributed by atoms with Crippen molar-refractivity contribution in [3.05, 3.63) is 34.3 Å². The summed E-state index contributed by atoms with van der Waals surface area (Å²) in [4.78, 5) is 21.1. The normalized spacial score (nSPS) is 14.3. The molecule has 1 rings (SSSR count). The molecule has 0 saturated heterocycles. The molecular weight excluding hydrogens is 210 g/mol. The van der Waals surface area contributed by atoms with Crippen LogP contribution in [0.5, 0.6) is 0 Å². The molecule has 0 saturated carbocycles. The molecule has 2 atom stereocenters. The number of carbonyl (C=O) groups is 1. The molecule has 0 amide bonds. The Bertz CT molecular complexity index is 334. The van der Waals surface area contributed by atoms with E-state index in [2.05, 4.69) is 0 Å². The zero-order valence-electron chi connectivity index (χ0n) is 9.17. The molecule has 0 bridgehead atoms. The SMILES string of the molecule is CCC[C@H](C=O)[C@@H](C[N+](=O)[O-])c1ccco1. The van der Waals surface area contributed by atoms with Crippen LogP contribution >= 0.6 is 0 Å². The van der Waals surface area contributed by atoms with Crippen molar-refractivity contribution in [2.45, 2.75) is 25.7 Å². The molecule has 0 aromatic carbocycles. The summed E-state index contributed by atoms with van der Waals surface area (Å²) in [6.07, 6.45) is 3.72. The quantitative estimate of drug-likeness (QED) is 0.405. The summed E-state index contributed by atoms with van der Waals surface area (Å²) in [5.41, 5.74) is 0. The lowest BCUT2D eigenvalue weighted by atomic mass is 9.88. The molecule has 1 heterocycles. The molecule has 88 valence electrons. The number of aldehydes is 1. The molecule has 16 heavy (non-hydrogen) atoms. The van der Waals surface area contributed by atoms with Gasteiger partial charge in [-0.2, -0.15) is 0 Å². The summed E-state index contributed by atoms with van der Waals surface area (Å²) in [6, 6.07) is 3.36. The Kier molecular flexibility index (Phi) is 4.69. The van der Waals surface area contributed by atoms with E-state index in [0.717, 1.165) is 12.7 Å². The molecule has 0 N–H and O–H groups in total. The Morgan fingerprint density at radius 3 is 2.81 bits per heavy atom. The maximum absolute atomic E-state index is 10.9. The fourth-order valence-electron chi connectivity index (χ4n) is 1.80. The summed E-state index contributed by atoms with van der Waals surface area (Å²) in [6.45, 7) is 1.68. The van der Waals surface area contributed by atoms with Crippen LogP contribution < -0.4 is 0 Å². The van der Waals surface area contributed by atoms with Gasteiger partial charge in [-0.1, -0.05) is 13.3 Å². The Hall–Kier alpha value is -1.65. The van der Waals surface area contributed by atoms with Crippen molar-refractivity contribution >= 4 is 6.29 Å². The van der Waals surface area contributed by atoms with Gasteiger partial charge in [0.05, 0.1) is 12.2 Å². The number of nitrogens with zero attached hydrogens (tertiary/aromatic N) is 1. The molecule has 5 nitrogen and oxygen atoms in total. The average molecular weight is 225 g/mol. The van der Waals surface area contributed by atoms with E-state index in [1.54, 1.807) is 12.1 Å². The van der Waals surface area contributed by atoms with Gasteiger partial charge in [0.1, 0.15) is 12.0 Å². The van der Waals surface area contributed by atoms with E-state index >= 15 is 0 Å². The van der Waals surface area contributed by atoms with Crippen molar-refractivity contribution in [1.82, 2.24) is 0 Å². The summed E-state index contributed by atoms with van der Waals surface area (Å²) in [5.74, 6) is -0.286. The summed E-state index contributed by atoms with van der Waals surface area (Å²) in [5, 5.41) is 10.6. The highest BCUT2D eigenvalue weighted by Crippen LogP contribution is 2.27. The first-order valence-corrected chi connectivity index (χ1v) is 5.29. The Balaban J connectivity index is 2.85. The van der Waals surface area contributed by atoms with Gasteiger partial charge < -0.3 is 9.21 Å². The van der Waals surface area contributed by atoms with Gasteiger partial charge in [-0.25, -0.2) is 0 Å². The molecule has 0 unspecified atom stereocenters. The van der Waals surface area contributed by atoms with E-state index in [4.69, 9.17) is 4.42 Å². The van der Waals surface area contributed by atoms with Crippen LogP contribution in [0.15, 0.2) is 22.8 Å². The minimum absolute atomic E-state index is 0.267. The average Bonchev–Trinajstić information content (AvgIpc) is 2.76. The van der Waals surface area contributed by atoms with Crippen LogP contribution in [0.3, 0.4) is 0 Å². The van der Waals surface area contributed by atoms with Crippen LogP contribution in [-0.4, -0.2) is 17.8 Å². The van der Waals surface area contributed by atoms with Gasteiger partial charge in [0.2, 0.25) is 6.54 Å². The zero-order valence-corrected chi connectivity index (χ0v) is 9.17. The number of rotatable bonds is 7. The lowest BCUT2D eigenvalue weighted by Crippen LogP contribution is -2.22. The minimum atomic E-state index is -0.456. The van der Waals surface area contributed by atoms with Gasteiger partial charge >= 0.3 is 0 Å². The maximum atomic E-state index is 10.9. The number of furan rings is 1. The maximum Gasteiger partial charge on any atom is 0.214 e. The van der Waals surface area contributed by atoms with Crippen molar-refractivity contribution < 1.29 is 14.1 Å². The van der Waals surface area contributed by atoms with Crippen LogP contribution in [-0.2, 0) is 4.79 Å². The van der Waals surface area contributed by atoms with Gasteiger partial charge in [-0.3, -0.25) is 10.1 Å². The first kappa shape index (κ1) is 12.4. The third kappa shape index (κ3) is 3.18. The van der Waals surface area contributed by atoms with Crippen molar-refractivity contribution in [2.24, 2.45) is 5.92 Å². The first-order valence-electron chi connectivity index (χ1n) is 5.29. The molecule has 0 aliphatic carbocycles. The molecule has 5 heteroatoms. The van der Waals surface area contributed by atoms with E-state index in [1.165, 1.54) is 6.26 Å². The lowest BCUT2D eigenvalue weighted by Gasteiger charge is -2.16. The third-order valence-electron chi connectivity index (χ3n) is 2.57. The fraction of sp³-hybridized carbons (Fsp3) is 0.545. The van der Waals surface area contributed by atoms with Crippen molar-refractivity contribution in [2.75, 3.05) is 6.54 Å². The molecule has 1 aromatic heterocycles. The number of nitro groups is 1. The monoisotopic (exact) mass is 225 g/mol. The summed E-state index contributed by atoms with van der Waals surface area (Å²) in [7, 11) is 0. The minimum Gasteiger partial charge on any atom is -0.469 e. The number of hydrogen-bond acceptors (Lipinski definition) is 4. The molecule has 0 radical (unpaired) electrons. The summed E-state index contributed by atoms with van der Waals surface area (Å²) < 4.78 is 5.16. The first-order chi connectivity index (χ1) is 7.69. The van der Waals surface area contributed by atoms with Crippen LogP contribution in [0.25, 0.3) is 0 Å². The van der Waals surface area contributed by atoms with Gasteiger partial charge in [0.25, 0.3) is 0 Å². The van der Waals surface area contributed by atoms with Crippen molar-refractivity contribution in [3.8, 4) is 0 Å². The zero-order chi connectivity index (χ0) is 12.0. The Morgan fingerprint density at radius 1 is 1.62 bits per heavy atom. The lowest BCUT2D eigenvalue weighted by molar-refractivity contribution is -0.484. The highest BCUT2D eigenvalue weighted by atomic mass is 16.6. The molecule has 0 aliphatic heterocycles. The highest BCUT2D eigenvalue weighted by Gasteiger charge is 2.29. The van der Waals surface area contributed by atoms with E-state index in [1.807, 2.05) is 6.92 Å². The fourth-order valence-corrected chi connectivity index (χ4v) is 1.80. The predicted molar refractivity (Wildman–Crippen MR) is 57.8 cm³/mol. The second kappa shape index (κ2) is 6.05. The second-order valence-corrected chi connectivity index (χ2v) is 3.73. The molecule has 1 aromatic rings. The third-order valence-corrected chi connectivity index (χ3v) is 2.57. The number of carbonyl (C=O) groups excluding carboxylic acids is 1. The van der Waals surface area contributed by atoms with Crippen LogP contribution in [0.2, 0.25) is 0 Å². The smallest absolute Gasteiger partial charge is 0.214 e. The van der Waals surface area contributed by atoms with Gasteiger partial charge in [0, 0.05) is 10.8 Å². The molecule has 0 spiro atoms. The topological polar surface area (TPSA) is 73.3 Å². The van der Waals surface area contributed by atoms with E-state index in [0.29, 0.717) is 12.2 Å². The Morgan fingerprint density at radius 2 is 2.38 bits per heavy atom. The predicted octanol–water partition coefficient (Wildman–Crippen LogP) is 2.26. The van der Waals surface area contributed by atoms with Gasteiger partial charge in [-0.15, -0.1) is 0 Å². The van der Waals surface area contributed by atoms with Crippen LogP contribution in [0, 0.1) is 16.0 Å². The molecule has 0 aliphatic rings. The van der Waals surface area contributed by atoms with Crippen molar-refractivity contribution in [3.63, 3.8) is 0 Å². The van der Waals surface area contributed by atoms with Crippen LogP contribution in [0.1, 0.15) is 31.4 Å². The van der Waals surface area contributed by atoms with E-state index in [-0.39, 0.29) is 12.5 Å². The largest absolute Gasteiger partial charge is 0.469 e. The highest BCUT2D eigenvalue weighted by molar-refractivity contribution is 5.55. The second-order valence-electron chi connectivity index (χ2n) is 3.73.